The summed E-state index contributed by atoms with van der Waals surface area (Å²) in [7, 11) is 6.84. The Labute approximate surface area is 322 Å². The van der Waals surface area contributed by atoms with Crippen LogP contribution < -0.4 is 25.8 Å². The fourth-order valence-corrected chi connectivity index (χ4v) is 5.93. The van der Waals surface area contributed by atoms with Crippen molar-refractivity contribution in [3.8, 4) is 34.0 Å². The molecule has 0 spiro atoms. The van der Waals surface area contributed by atoms with Crippen LogP contribution in [0.5, 0.6) is 11.5 Å². The second-order valence-corrected chi connectivity index (χ2v) is 12.5. The van der Waals surface area contributed by atoms with E-state index in [0.717, 1.165) is 62.0 Å². The van der Waals surface area contributed by atoms with Crippen molar-refractivity contribution >= 4 is 66.7 Å². The Kier molecular flexibility index (Phi) is 14.1. The number of hydrogen-bond donors (Lipinski definition) is 3. The molecule has 0 fully saturated rings. The number of isocyanates is 1. The van der Waals surface area contributed by atoms with E-state index in [-0.39, 0.29) is 11.4 Å². The average molecular weight is 874 g/mol. The van der Waals surface area contributed by atoms with Crippen molar-refractivity contribution in [1.82, 2.24) is 19.6 Å². The molecule has 280 valence electrons. The lowest BCUT2D eigenvalue weighted by Gasteiger charge is -2.13. The quantitative estimate of drug-likeness (QED) is 0.0627. The molecule has 0 bridgehead atoms. The van der Waals surface area contributed by atoms with Crippen molar-refractivity contribution < 1.29 is 36.6 Å². The van der Waals surface area contributed by atoms with Gasteiger partial charge in [0.15, 0.2) is 5.82 Å². The molecule has 2 aromatic heterocycles. The third-order valence-electron chi connectivity index (χ3n) is 7.23. The van der Waals surface area contributed by atoms with Gasteiger partial charge >= 0.3 is 6.03 Å². The van der Waals surface area contributed by atoms with Gasteiger partial charge in [0.2, 0.25) is 6.08 Å². The fourth-order valence-electron chi connectivity index (χ4n) is 4.81. The normalized spacial score (nSPS) is 10.2. The molecule has 2 amide bonds. The molecule has 0 radical (unpaired) electrons. The summed E-state index contributed by atoms with van der Waals surface area (Å²) in [6, 6.07) is 15.6. The monoisotopic (exact) mass is 872 g/mol. The molecule has 0 atom stereocenters. The Morgan fingerprint density at radius 1 is 0.759 bits per heavy atom. The number of methoxy groups -OCH3 is 2. The number of nitrogens with two attached hydrogens (primary N) is 1. The number of nitrogens with zero attached hydrogens (tertiary/aromatic N) is 5. The van der Waals surface area contributed by atoms with Gasteiger partial charge in [0, 0.05) is 48.7 Å². The van der Waals surface area contributed by atoms with Gasteiger partial charge in [0.1, 0.15) is 34.6 Å². The third-order valence-corrected chi connectivity index (χ3v) is 8.40. The largest absolute Gasteiger partial charge is 0.496 e. The number of nitrogen functional groups attached to an aromatic ring is 1. The number of carbonyl (C=O) groups excluding carboxylic acids is 2. The highest BCUT2D eigenvalue weighted by Crippen LogP contribution is 2.37. The average Bonchev–Trinajstić information content (AvgIpc) is 3.65. The molecule has 4 aromatic carbocycles. The van der Waals surface area contributed by atoms with E-state index in [0.29, 0.717) is 34.8 Å². The van der Waals surface area contributed by atoms with Crippen molar-refractivity contribution in [3.05, 3.63) is 117 Å². The second-order valence-electron chi connectivity index (χ2n) is 10.8. The zero-order valence-electron chi connectivity index (χ0n) is 28.8. The molecule has 0 saturated heterocycles. The summed E-state index contributed by atoms with van der Waals surface area (Å²) in [5, 5.41) is 13.3. The van der Waals surface area contributed by atoms with E-state index in [2.05, 4.69) is 57.7 Å². The molecule has 0 aliphatic carbocycles. The number of anilines is 3. The van der Waals surface area contributed by atoms with Gasteiger partial charge in [-0.1, -0.05) is 0 Å². The molecule has 18 heteroatoms. The van der Waals surface area contributed by atoms with Gasteiger partial charge < -0.3 is 25.8 Å². The molecule has 0 aliphatic heterocycles. The maximum Gasteiger partial charge on any atom is 0.323 e. The fraction of sp³-hybridized carbons (Fsp3) is 0.111. The van der Waals surface area contributed by atoms with Crippen LogP contribution in [0.3, 0.4) is 0 Å². The van der Waals surface area contributed by atoms with Gasteiger partial charge in [-0.3, -0.25) is 9.36 Å². The number of halogens is 6. The number of hydrogen-bond acceptors (Lipinski definition) is 8. The molecule has 6 aromatic rings. The molecule has 0 aliphatic rings. The Hall–Kier alpha value is -5.97. The number of nitrogens with one attached hydrogen (secondary N) is 2. The molecular weight excluding hydrogens is 844 g/mol. The van der Waals surface area contributed by atoms with Gasteiger partial charge in [-0.05, 0) is 92.5 Å². The lowest BCUT2D eigenvalue weighted by molar-refractivity contribution is 0.262. The minimum atomic E-state index is -0.867. The number of carbonyl (C=O) groups is 1. The van der Waals surface area contributed by atoms with Crippen LogP contribution in [0.1, 0.15) is 0 Å². The van der Waals surface area contributed by atoms with E-state index in [4.69, 9.17) is 15.2 Å². The van der Waals surface area contributed by atoms with E-state index < -0.39 is 29.3 Å². The summed E-state index contributed by atoms with van der Waals surface area (Å²) in [4.78, 5) is 24.8. The number of amides is 2. The lowest BCUT2D eigenvalue weighted by atomic mass is 10.1. The highest BCUT2D eigenvalue weighted by atomic mass is 79.9. The maximum absolute atomic E-state index is 13.7. The Balaban J connectivity index is 0.000000203. The van der Waals surface area contributed by atoms with Crippen LogP contribution in [0.25, 0.3) is 22.5 Å². The molecule has 4 N–H and O–H groups in total. The summed E-state index contributed by atoms with van der Waals surface area (Å²) in [5.74, 6) is -1.78. The number of ether oxygens (including phenoxy) is 2. The van der Waals surface area contributed by atoms with Crippen LogP contribution in [0.15, 0.2) is 99.1 Å². The van der Waals surface area contributed by atoms with Crippen LogP contribution in [0.2, 0.25) is 0 Å². The first-order valence-corrected chi connectivity index (χ1v) is 16.9. The highest BCUT2D eigenvalue weighted by Gasteiger charge is 2.17. The lowest BCUT2D eigenvalue weighted by Crippen LogP contribution is -2.20. The first kappa shape index (κ1) is 40.8. The molecule has 0 saturated carbocycles. The number of aryl methyl sites for hydroxylation is 2. The number of rotatable bonds is 7. The van der Waals surface area contributed by atoms with Gasteiger partial charge in [0.05, 0.1) is 52.6 Å². The van der Waals surface area contributed by atoms with Gasteiger partial charge in [0.25, 0.3) is 0 Å². The first-order chi connectivity index (χ1) is 25.8. The number of aliphatic imine (C=N–C) groups is 1. The second kappa shape index (κ2) is 18.7. The minimum Gasteiger partial charge on any atom is -0.496 e. The smallest absolute Gasteiger partial charge is 0.323 e. The van der Waals surface area contributed by atoms with Gasteiger partial charge in [-0.15, -0.1) is 0 Å². The molecular formula is C36H30Br2F4N8O4. The zero-order chi connectivity index (χ0) is 39.5. The van der Waals surface area contributed by atoms with E-state index >= 15 is 0 Å². The number of urea groups is 1. The van der Waals surface area contributed by atoms with Gasteiger partial charge in [-0.25, -0.2) is 27.2 Å². The van der Waals surface area contributed by atoms with E-state index in [1.807, 2.05) is 25.2 Å². The zero-order valence-corrected chi connectivity index (χ0v) is 32.0. The van der Waals surface area contributed by atoms with Crippen LogP contribution in [-0.2, 0) is 18.9 Å². The summed E-state index contributed by atoms with van der Waals surface area (Å²) < 4.78 is 67.2. The third kappa shape index (κ3) is 10.3. The van der Waals surface area contributed by atoms with Crippen molar-refractivity contribution in [2.24, 2.45) is 19.1 Å². The standard InChI is InChI=1S/C18H15BrF2N4O2.C11H12BrN3O.C7H3F2NO/c1-25-17(13(19)9-22-25)12-8-11(4-6-16(12)27-2)23-18(26)24-15-5-3-10(20)7-14(15)21;1-15-11(9(12)6-14-15)8-5-7(13)3-4-10(8)16-2;8-5-1-2-7(10-4-11)6(9)3-5/h3-9H,1-2H3,(H2,23,24,26);3-6H,13H2,1-2H3;1-3H. The molecule has 2 heterocycles. The Morgan fingerprint density at radius 3 is 1.80 bits per heavy atom. The van der Waals surface area contributed by atoms with Crippen molar-refractivity contribution in [2.45, 2.75) is 0 Å². The summed E-state index contributed by atoms with van der Waals surface area (Å²) in [6.07, 6.45) is 4.56. The summed E-state index contributed by atoms with van der Waals surface area (Å²) in [6.45, 7) is 0. The van der Waals surface area contributed by atoms with Crippen LogP contribution >= 0.6 is 31.9 Å². The first-order valence-electron chi connectivity index (χ1n) is 15.3. The van der Waals surface area contributed by atoms with E-state index in [1.54, 1.807) is 61.2 Å². The Bertz CT molecular complexity index is 2290. The molecule has 0 unspecified atom stereocenters. The minimum absolute atomic E-state index is 0.128. The van der Waals surface area contributed by atoms with Crippen molar-refractivity contribution in [3.63, 3.8) is 0 Å². The van der Waals surface area contributed by atoms with Crippen molar-refractivity contribution in [2.75, 3.05) is 30.6 Å². The highest BCUT2D eigenvalue weighted by molar-refractivity contribution is 9.11. The van der Waals surface area contributed by atoms with E-state index in [1.165, 1.54) is 0 Å². The maximum atomic E-state index is 13.7. The van der Waals surface area contributed by atoms with Crippen LogP contribution in [0.4, 0.5) is 45.1 Å². The van der Waals surface area contributed by atoms with E-state index in [9.17, 15) is 27.2 Å². The predicted molar refractivity (Wildman–Crippen MR) is 203 cm³/mol. The van der Waals surface area contributed by atoms with Crippen LogP contribution in [-0.4, -0.2) is 45.9 Å². The topological polar surface area (TPSA) is 151 Å². The SMILES string of the molecule is COc1ccc(N)cc1-c1c(Br)cnn1C.COc1ccc(NC(=O)Nc2ccc(F)cc2F)cc1-c1c(Br)cnn1C.O=C=Nc1ccc(F)cc1F. The predicted octanol–water partition coefficient (Wildman–Crippen LogP) is 9.15. The van der Waals surface area contributed by atoms with Crippen molar-refractivity contribution in [1.29, 1.82) is 0 Å². The number of aromatic nitrogens is 4. The summed E-state index contributed by atoms with van der Waals surface area (Å²) >= 11 is 6.90. The Morgan fingerprint density at radius 2 is 1.30 bits per heavy atom. The molecule has 12 nitrogen and oxygen atoms in total. The van der Waals surface area contributed by atoms with Crippen LogP contribution in [0, 0.1) is 23.3 Å². The summed E-state index contributed by atoms with van der Waals surface area (Å²) in [5.41, 5.74) is 9.95. The molecule has 6 rings (SSSR count). The number of benzene rings is 4. The van der Waals surface area contributed by atoms with Gasteiger partial charge in [-0.2, -0.15) is 15.2 Å². The molecule has 54 heavy (non-hydrogen) atoms.